The van der Waals surface area contributed by atoms with Gasteiger partial charge in [0, 0.05) is 50.9 Å². The molecule has 6 aliphatic carbocycles. The highest BCUT2D eigenvalue weighted by Crippen LogP contribution is 2.61. The highest BCUT2D eigenvalue weighted by Gasteiger charge is 2.48. The zero-order valence-electron chi connectivity index (χ0n) is 36.4. The van der Waals surface area contributed by atoms with E-state index in [0.717, 1.165) is 32.1 Å². The molecule has 0 aliphatic heterocycles. The molecule has 0 saturated carbocycles. The molecular formula is C60H54N2. The fourth-order valence-electron chi connectivity index (χ4n) is 12.3. The first kappa shape index (κ1) is 37.4. The molecule has 6 aliphatic rings. The van der Waals surface area contributed by atoms with E-state index >= 15 is 0 Å². The second-order valence-electron chi connectivity index (χ2n) is 19.5. The van der Waals surface area contributed by atoms with Gasteiger partial charge < -0.3 is 9.80 Å². The van der Waals surface area contributed by atoms with Crippen molar-refractivity contribution in [3.05, 3.63) is 215 Å². The molecule has 0 fully saturated rings. The maximum atomic E-state index is 2.75. The fourth-order valence-corrected chi connectivity index (χ4v) is 12.3. The standard InChI is InChI=1S/C60H54N2/c1-59(2)51-35-43(61(41-23-7-5-8-24-41)55-31-17-21-39-19-11-13-27-44(39)55)33-34-46(51)49-36-53-50(37-52(49)59)58-48-30-16-15-29-47(48)57(38-54(58)60(53,3)4)62(42-25-9-6-10-26-42)56-32-18-22-40-20-12-14-28-45(40)56/h5,7-9,11-27,29-31,33-34,36-38,45,51,56H,6,10,28,32,35H2,1-4H3. The predicted molar refractivity (Wildman–Crippen MR) is 263 cm³/mol. The van der Waals surface area contributed by atoms with Crippen LogP contribution >= 0.6 is 0 Å². The Hall–Kier alpha value is -6.38. The first-order valence-electron chi connectivity index (χ1n) is 23.0. The van der Waals surface area contributed by atoms with Gasteiger partial charge in [0.25, 0.3) is 0 Å². The van der Waals surface area contributed by atoms with Gasteiger partial charge in [-0.3, -0.25) is 0 Å². The van der Waals surface area contributed by atoms with Gasteiger partial charge in [0.15, 0.2) is 0 Å². The largest absolute Gasteiger partial charge is 0.337 e. The molecule has 0 spiro atoms. The molecule has 0 amide bonds. The Balaban J connectivity index is 0.999. The number of benzene rings is 6. The summed E-state index contributed by atoms with van der Waals surface area (Å²) in [5.41, 5.74) is 17.8. The molecule has 0 saturated heterocycles. The van der Waals surface area contributed by atoms with Crippen LogP contribution in [0.5, 0.6) is 0 Å². The van der Waals surface area contributed by atoms with Crippen LogP contribution < -0.4 is 9.80 Å². The topological polar surface area (TPSA) is 6.48 Å². The van der Waals surface area contributed by atoms with Crippen molar-refractivity contribution in [2.45, 2.75) is 76.7 Å². The number of hydrogen-bond donors (Lipinski definition) is 0. The van der Waals surface area contributed by atoms with Gasteiger partial charge in [-0.05, 0) is 147 Å². The summed E-state index contributed by atoms with van der Waals surface area (Å²) < 4.78 is 0. The van der Waals surface area contributed by atoms with Crippen molar-refractivity contribution in [1.29, 1.82) is 0 Å². The Labute approximate surface area is 367 Å². The molecular weight excluding hydrogens is 749 g/mol. The number of fused-ring (bicyclic) bond motifs is 10. The number of anilines is 3. The number of nitrogens with zero attached hydrogens (tertiary/aromatic N) is 2. The third kappa shape index (κ3) is 5.55. The molecule has 0 aromatic heterocycles. The molecule has 304 valence electrons. The molecule has 2 heteroatoms. The highest BCUT2D eigenvalue weighted by molar-refractivity contribution is 6.09. The normalized spacial score (nSPS) is 22.2. The van der Waals surface area contributed by atoms with Crippen LogP contribution in [0.2, 0.25) is 0 Å². The Morgan fingerprint density at radius 2 is 1.37 bits per heavy atom. The minimum Gasteiger partial charge on any atom is -0.337 e. The first-order chi connectivity index (χ1) is 30.3. The van der Waals surface area contributed by atoms with Crippen molar-refractivity contribution >= 4 is 44.2 Å². The quantitative estimate of drug-likeness (QED) is 0.165. The number of rotatable bonds is 6. The molecule has 12 rings (SSSR count). The Morgan fingerprint density at radius 3 is 2.21 bits per heavy atom. The van der Waals surface area contributed by atoms with Crippen LogP contribution in [-0.4, -0.2) is 6.04 Å². The Kier molecular flexibility index (Phi) is 8.49. The molecule has 62 heavy (non-hydrogen) atoms. The summed E-state index contributed by atoms with van der Waals surface area (Å²) >= 11 is 0. The smallest absolute Gasteiger partial charge is 0.0536 e. The maximum Gasteiger partial charge on any atom is 0.0536 e. The number of para-hydroxylation sites is 1. The van der Waals surface area contributed by atoms with Crippen LogP contribution in [0.3, 0.4) is 0 Å². The molecule has 6 aromatic carbocycles. The summed E-state index contributed by atoms with van der Waals surface area (Å²) in [6.07, 6.45) is 29.2. The van der Waals surface area contributed by atoms with Gasteiger partial charge in [0.2, 0.25) is 0 Å². The minimum absolute atomic E-state index is 0.0653. The summed E-state index contributed by atoms with van der Waals surface area (Å²) in [7, 11) is 0. The van der Waals surface area contributed by atoms with Crippen LogP contribution in [0, 0.1) is 11.8 Å². The molecule has 2 nitrogen and oxygen atoms in total. The molecule has 0 bridgehead atoms. The van der Waals surface area contributed by atoms with Crippen molar-refractivity contribution < 1.29 is 0 Å². The van der Waals surface area contributed by atoms with E-state index in [1.54, 1.807) is 0 Å². The van der Waals surface area contributed by atoms with Gasteiger partial charge in [-0.1, -0.05) is 155 Å². The zero-order chi connectivity index (χ0) is 41.7. The summed E-state index contributed by atoms with van der Waals surface area (Å²) in [4.78, 5) is 5.27. The monoisotopic (exact) mass is 802 g/mol. The van der Waals surface area contributed by atoms with E-state index in [2.05, 4.69) is 214 Å². The van der Waals surface area contributed by atoms with Gasteiger partial charge in [-0.15, -0.1) is 0 Å². The average molecular weight is 803 g/mol. The van der Waals surface area contributed by atoms with Crippen molar-refractivity contribution in [2.75, 3.05) is 9.80 Å². The van der Waals surface area contributed by atoms with Crippen molar-refractivity contribution in [2.24, 2.45) is 11.8 Å². The van der Waals surface area contributed by atoms with E-state index in [-0.39, 0.29) is 10.8 Å². The van der Waals surface area contributed by atoms with E-state index in [1.165, 1.54) is 94.5 Å². The third-order valence-electron chi connectivity index (χ3n) is 15.5. The Bertz CT molecular complexity index is 3060. The minimum atomic E-state index is -0.178. The highest BCUT2D eigenvalue weighted by atomic mass is 15.2. The van der Waals surface area contributed by atoms with Crippen LogP contribution in [0.1, 0.15) is 82.1 Å². The summed E-state index contributed by atoms with van der Waals surface area (Å²) in [6, 6.07) is 44.0. The van der Waals surface area contributed by atoms with Crippen molar-refractivity contribution in [3.8, 4) is 11.1 Å². The average Bonchev–Trinajstić information content (AvgIpc) is 3.67. The summed E-state index contributed by atoms with van der Waals surface area (Å²) in [6.45, 7) is 9.97. The van der Waals surface area contributed by atoms with Crippen LogP contribution in [0.15, 0.2) is 193 Å². The van der Waals surface area contributed by atoms with E-state index in [0.29, 0.717) is 17.9 Å². The van der Waals surface area contributed by atoms with Gasteiger partial charge >= 0.3 is 0 Å². The van der Waals surface area contributed by atoms with Gasteiger partial charge in [0.05, 0.1) is 5.69 Å². The van der Waals surface area contributed by atoms with Crippen molar-refractivity contribution in [3.63, 3.8) is 0 Å². The SMILES string of the molecule is CC1(C)c2cc3c(cc2-c2c1cc(N(C1=CCCC=C1)C1CC=CC4=CC=CCC41)c1ccccc21)C(C)(C)C1CC(N(c2ccccc2)c2cccc4ccccc24)=CC=C31. The second-order valence-corrected chi connectivity index (χ2v) is 19.5. The molecule has 0 N–H and O–H groups in total. The number of hydrogen-bond acceptors (Lipinski definition) is 2. The molecule has 3 atom stereocenters. The molecule has 6 aromatic rings. The second kappa shape index (κ2) is 14.1. The molecule has 3 unspecified atom stereocenters. The Morgan fingerprint density at radius 1 is 0.597 bits per heavy atom. The lowest BCUT2D eigenvalue weighted by atomic mass is 9.73. The van der Waals surface area contributed by atoms with Crippen LogP contribution in [0.25, 0.3) is 38.2 Å². The maximum absolute atomic E-state index is 2.75. The van der Waals surface area contributed by atoms with Crippen LogP contribution in [0.4, 0.5) is 17.1 Å². The summed E-state index contributed by atoms with van der Waals surface area (Å²) in [5, 5.41) is 5.25. The van der Waals surface area contributed by atoms with Crippen LogP contribution in [-0.2, 0) is 10.8 Å². The van der Waals surface area contributed by atoms with Gasteiger partial charge in [-0.2, -0.15) is 0 Å². The lowest BCUT2D eigenvalue weighted by molar-refractivity contribution is 0.406. The van der Waals surface area contributed by atoms with E-state index in [4.69, 9.17) is 0 Å². The summed E-state index contributed by atoms with van der Waals surface area (Å²) in [5.74, 6) is 0.813. The third-order valence-corrected chi connectivity index (χ3v) is 15.5. The predicted octanol–water partition coefficient (Wildman–Crippen LogP) is 15.6. The van der Waals surface area contributed by atoms with E-state index in [9.17, 15) is 0 Å². The molecule has 0 radical (unpaired) electrons. The van der Waals surface area contributed by atoms with Gasteiger partial charge in [0.1, 0.15) is 0 Å². The first-order valence-corrected chi connectivity index (χ1v) is 23.0. The van der Waals surface area contributed by atoms with Crippen molar-refractivity contribution in [1.82, 2.24) is 0 Å². The van der Waals surface area contributed by atoms with E-state index in [1.807, 2.05) is 0 Å². The molecule has 0 heterocycles. The fraction of sp³-hybridized carbons (Fsp3) is 0.233. The lowest BCUT2D eigenvalue weighted by Crippen LogP contribution is -2.42. The zero-order valence-corrected chi connectivity index (χ0v) is 36.4. The van der Waals surface area contributed by atoms with E-state index < -0.39 is 0 Å². The number of allylic oxidation sites excluding steroid dienone is 11. The van der Waals surface area contributed by atoms with Gasteiger partial charge in [-0.25, -0.2) is 0 Å². The lowest BCUT2D eigenvalue weighted by Gasteiger charge is -2.43.